The molecule has 0 N–H and O–H groups in total. The summed E-state index contributed by atoms with van der Waals surface area (Å²) in [6, 6.07) is 7.27. The highest BCUT2D eigenvalue weighted by molar-refractivity contribution is 9.10. The number of aromatic nitrogens is 1. The standard InChI is InChI=1S/C14H12BrFN2O2S/c15-12-8-11(16)3-4-14(12)21(19,20)18-7-5-13-10(9-18)2-1-6-17-13/h1-4,6,8H,5,7,9H2. The number of pyridine rings is 1. The first-order valence-corrected chi connectivity index (χ1v) is 8.60. The Bertz CT molecular complexity index is 795. The van der Waals surface area contributed by atoms with E-state index in [0.29, 0.717) is 13.0 Å². The molecule has 1 aromatic heterocycles. The molecule has 21 heavy (non-hydrogen) atoms. The van der Waals surface area contributed by atoms with Crippen molar-refractivity contribution in [3.05, 3.63) is 58.1 Å². The maximum absolute atomic E-state index is 13.1. The zero-order valence-corrected chi connectivity index (χ0v) is 13.4. The molecule has 1 aliphatic rings. The molecular weight excluding hydrogens is 359 g/mol. The molecule has 2 heterocycles. The third-order valence-electron chi connectivity index (χ3n) is 3.44. The number of nitrogens with zero attached hydrogens (tertiary/aromatic N) is 2. The molecule has 0 spiro atoms. The van der Waals surface area contributed by atoms with Crippen molar-refractivity contribution in [1.29, 1.82) is 0 Å². The lowest BCUT2D eigenvalue weighted by atomic mass is 10.1. The van der Waals surface area contributed by atoms with Gasteiger partial charge < -0.3 is 0 Å². The molecule has 1 aromatic carbocycles. The smallest absolute Gasteiger partial charge is 0.244 e. The maximum Gasteiger partial charge on any atom is 0.244 e. The minimum atomic E-state index is -3.66. The van der Waals surface area contributed by atoms with Crippen LogP contribution in [-0.4, -0.2) is 24.3 Å². The van der Waals surface area contributed by atoms with Gasteiger partial charge in [0.25, 0.3) is 0 Å². The molecule has 0 saturated heterocycles. The molecule has 0 bridgehead atoms. The van der Waals surface area contributed by atoms with Gasteiger partial charge in [0.1, 0.15) is 5.82 Å². The molecule has 2 aromatic rings. The summed E-state index contributed by atoms with van der Waals surface area (Å²) in [5, 5.41) is 0. The Balaban J connectivity index is 1.97. The molecule has 4 nitrogen and oxygen atoms in total. The molecule has 1 aliphatic heterocycles. The van der Waals surface area contributed by atoms with Crippen LogP contribution < -0.4 is 0 Å². The quantitative estimate of drug-likeness (QED) is 0.816. The summed E-state index contributed by atoms with van der Waals surface area (Å²) in [6.07, 6.45) is 2.29. The Morgan fingerprint density at radius 2 is 2.10 bits per heavy atom. The predicted molar refractivity (Wildman–Crippen MR) is 79.6 cm³/mol. The summed E-state index contributed by atoms with van der Waals surface area (Å²) in [6.45, 7) is 0.658. The Kier molecular flexibility index (Phi) is 3.81. The highest BCUT2D eigenvalue weighted by Gasteiger charge is 2.30. The highest BCUT2D eigenvalue weighted by Crippen LogP contribution is 2.29. The second kappa shape index (κ2) is 5.47. The van der Waals surface area contributed by atoms with Crippen LogP contribution in [0.5, 0.6) is 0 Å². The second-order valence-corrected chi connectivity index (χ2v) is 7.53. The van der Waals surface area contributed by atoms with Crippen molar-refractivity contribution in [3.8, 4) is 0 Å². The van der Waals surface area contributed by atoms with E-state index in [4.69, 9.17) is 0 Å². The van der Waals surface area contributed by atoms with Crippen molar-refractivity contribution in [2.45, 2.75) is 17.9 Å². The van der Waals surface area contributed by atoms with Gasteiger partial charge in [-0.2, -0.15) is 4.31 Å². The molecular formula is C14H12BrFN2O2S. The van der Waals surface area contributed by atoms with E-state index >= 15 is 0 Å². The van der Waals surface area contributed by atoms with Gasteiger partial charge in [-0.25, -0.2) is 12.8 Å². The first kappa shape index (κ1) is 14.6. The number of sulfonamides is 1. The Hall–Kier alpha value is -1.31. The number of benzene rings is 1. The fourth-order valence-corrected chi connectivity index (χ4v) is 4.80. The van der Waals surface area contributed by atoms with Gasteiger partial charge in [-0.3, -0.25) is 4.98 Å². The average molecular weight is 371 g/mol. The summed E-state index contributed by atoms with van der Waals surface area (Å²) < 4.78 is 40.1. The van der Waals surface area contributed by atoms with Crippen molar-refractivity contribution < 1.29 is 12.8 Å². The molecule has 0 fully saturated rings. The number of halogens is 2. The van der Waals surface area contributed by atoms with Gasteiger partial charge in [-0.15, -0.1) is 0 Å². The van der Waals surface area contributed by atoms with E-state index in [0.717, 1.165) is 23.4 Å². The zero-order chi connectivity index (χ0) is 15.0. The first-order chi connectivity index (χ1) is 9.98. The van der Waals surface area contributed by atoms with Gasteiger partial charge >= 0.3 is 0 Å². The van der Waals surface area contributed by atoms with E-state index in [9.17, 15) is 12.8 Å². The summed E-state index contributed by atoms with van der Waals surface area (Å²) in [5.41, 5.74) is 1.84. The maximum atomic E-state index is 13.1. The van der Waals surface area contributed by atoms with Crippen molar-refractivity contribution in [3.63, 3.8) is 0 Å². The van der Waals surface area contributed by atoms with Crippen LogP contribution in [0.4, 0.5) is 4.39 Å². The van der Waals surface area contributed by atoms with E-state index in [1.807, 2.05) is 6.07 Å². The van der Waals surface area contributed by atoms with Crippen LogP contribution in [0.2, 0.25) is 0 Å². The zero-order valence-electron chi connectivity index (χ0n) is 11.0. The lowest BCUT2D eigenvalue weighted by molar-refractivity contribution is 0.387. The van der Waals surface area contributed by atoms with Crippen LogP contribution in [0, 0.1) is 5.82 Å². The van der Waals surface area contributed by atoms with Crippen LogP contribution in [0.25, 0.3) is 0 Å². The lowest BCUT2D eigenvalue weighted by Crippen LogP contribution is -2.36. The van der Waals surface area contributed by atoms with Gasteiger partial charge in [0.05, 0.1) is 4.90 Å². The minimum Gasteiger partial charge on any atom is -0.261 e. The predicted octanol–water partition coefficient (Wildman–Crippen LogP) is 2.73. The number of hydrogen-bond acceptors (Lipinski definition) is 3. The summed E-state index contributed by atoms with van der Waals surface area (Å²) in [4.78, 5) is 4.34. The second-order valence-electron chi connectivity index (χ2n) is 4.77. The molecule has 7 heteroatoms. The van der Waals surface area contributed by atoms with E-state index in [1.54, 1.807) is 12.3 Å². The molecule has 0 atom stereocenters. The molecule has 3 rings (SSSR count). The van der Waals surface area contributed by atoms with Gasteiger partial charge in [-0.05, 0) is 45.8 Å². The van der Waals surface area contributed by atoms with Gasteiger partial charge in [0.2, 0.25) is 10.0 Å². The van der Waals surface area contributed by atoms with Crippen molar-refractivity contribution in [2.75, 3.05) is 6.54 Å². The summed E-state index contributed by atoms with van der Waals surface area (Å²) in [7, 11) is -3.66. The normalized spacial score (nSPS) is 15.7. The van der Waals surface area contributed by atoms with Crippen LogP contribution in [-0.2, 0) is 23.0 Å². The van der Waals surface area contributed by atoms with E-state index in [2.05, 4.69) is 20.9 Å². The molecule has 0 saturated carbocycles. The Morgan fingerprint density at radius 3 is 2.86 bits per heavy atom. The van der Waals surface area contributed by atoms with Crippen molar-refractivity contribution in [2.24, 2.45) is 0 Å². The summed E-state index contributed by atoms with van der Waals surface area (Å²) >= 11 is 3.12. The number of hydrogen-bond donors (Lipinski definition) is 0. The van der Waals surface area contributed by atoms with Crippen LogP contribution in [0.15, 0.2) is 45.9 Å². The average Bonchev–Trinajstić information content (AvgIpc) is 2.46. The first-order valence-electron chi connectivity index (χ1n) is 6.36. The highest BCUT2D eigenvalue weighted by atomic mass is 79.9. The van der Waals surface area contributed by atoms with Crippen LogP contribution >= 0.6 is 15.9 Å². The third-order valence-corrected chi connectivity index (χ3v) is 6.26. The number of rotatable bonds is 2. The lowest BCUT2D eigenvalue weighted by Gasteiger charge is -2.27. The van der Waals surface area contributed by atoms with Crippen molar-refractivity contribution >= 4 is 26.0 Å². The van der Waals surface area contributed by atoms with E-state index < -0.39 is 15.8 Å². The molecule has 0 aliphatic carbocycles. The fourth-order valence-electron chi connectivity index (χ4n) is 2.37. The van der Waals surface area contributed by atoms with Gasteiger partial charge in [0.15, 0.2) is 0 Å². The van der Waals surface area contributed by atoms with Gasteiger partial charge in [0, 0.05) is 35.9 Å². The monoisotopic (exact) mass is 370 g/mol. The van der Waals surface area contributed by atoms with Crippen molar-refractivity contribution in [1.82, 2.24) is 9.29 Å². The Morgan fingerprint density at radius 1 is 1.29 bits per heavy atom. The topological polar surface area (TPSA) is 50.3 Å². The Labute approximate surface area is 130 Å². The molecule has 0 amide bonds. The van der Waals surface area contributed by atoms with Gasteiger partial charge in [-0.1, -0.05) is 6.07 Å². The SMILES string of the molecule is O=S(=O)(c1ccc(F)cc1Br)N1CCc2ncccc2C1. The van der Waals surface area contributed by atoms with Crippen LogP contribution in [0.1, 0.15) is 11.3 Å². The molecule has 110 valence electrons. The summed E-state index contributed by atoms with van der Waals surface area (Å²) in [5.74, 6) is -0.478. The van der Waals surface area contributed by atoms with E-state index in [-0.39, 0.29) is 15.9 Å². The largest absolute Gasteiger partial charge is 0.261 e. The van der Waals surface area contributed by atoms with E-state index in [1.165, 1.54) is 10.4 Å². The minimum absolute atomic E-state index is 0.0799. The number of fused-ring (bicyclic) bond motifs is 1. The third kappa shape index (κ3) is 2.73. The molecule has 0 radical (unpaired) electrons. The molecule has 0 unspecified atom stereocenters. The fraction of sp³-hybridized carbons (Fsp3) is 0.214. The van der Waals surface area contributed by atoms with Crippen LogP contribution in [0.3, 0.4) is 0 Å².